The van der Waals surface area contributed by atoms with Gasteiger partial charge in [0.2, 0.25) is 11.1 Å². The van der Waals surface area contributed by atoms with E-state index >= 15 is 0 Å². The summed E-state index contributed by atoms with van der Waals surface area (Å²) in [7, 11) is 0. The van der Waals surface area contributed by atoms with Crippen molar-refractivity contribution in [1.29, 1.82) is 0 Å². The third-order valence-corrected chi connectivity index (χ3v) is 5.15. The Morgan fingerprint density at radius 1 is 1.12 bits per heavy atom. The average Bonchev–Trinajstić information content (AvgIpc) is 3.05. The van der Waals surface area contributed by atoms with Crippen LogP contribution in [0.1, 0.15) is 22.3 Å². The lowest BCUT2D eigenvalue weighted by molar-refractivity contribution is -0.113. The first-order valence-corrected chi connectivity index (χ1v) is 9.29. The van der Waals surface area contributed by atoms with Crippen LogP contribution in [0.2, 0.25) is 0 Å². The van der Waals surface area contributed by atoms with Crippen molar-refractivity contribution in [3.63, 3.8) is 0 Å². The van der Waals surface area contributed by atoms with E-state index in [0.29, 0.717) is 5.16 Å². The largest absolute Gasteiger partial charge is 0.325 e. The zero-order valence-electron chi connectivity index (χ0n) is 15.3. The highest BCUT2D eigenvalue weighted by Gasteiger charge is 2.14. The number of aromatic nitrogens is 4. The minimum atomic E-state index is -0.0844. The summed E-state index contributed by atoms with van der Waals surface area (Å²) >= 11 is 1.31. The van der Waals surface area contributed by atoms with Crippen LogP contribution in [0.3, 0.4) is 0 Å². The molecule has 6 nitrogen and oxygen atoms in total. The zero-order chi connectivity index (χ0) is 18.7. The summed E-state index contributed by atoms with van der Waals surface area (Å²) in [6.07, 6.45) is 0. The van der Waals surface area contributed by atoms with Crippen LogP contribution in [0.5, 0.6) is 0 Å². The fourth-order valence-corrected chi connectivity index (χ4v) is 3.35. The molecule has 2 aromatic carbocycles. The smallest absolute Gasteiger partial charge is 0.234 e. The second kappa shape index (κ2) is 7.70. The van der Waals surface area contributed by atoms with E-state index in [9.17, 15) is 4.79 Å². The Hall–Kier alpha value is -2.67. The number of aryl methyl sites for hydroxylation is 3. The quantitative estimate of drug-likeness (QED) is 0.697. The number of tetrazole rings is 1. The predicted octanol–water partition coefficient (Wildman–Crippen LogP) is 3.63. The molecule has 0 aliphatic heterocycles. The number of nitrogens with zero attached hydrogens (tertiary/aromatic N) is 4. The molecule has 0 saturated heterocycles. The molecule has 1 aromatic heterocycles. The van der Waals surface area contributed by atoms with Crippen molar-refractivity contribution >= 4 is 23.4 Å². The van der Waals surface area contributed by atoms with Crippen molar-refractivity contribution in [2.45, 2.75) is 32.9 Å². The van der Waals surface area contributed by atoms with Crippen molar-refractivity contribution in [3.05, 3.63) is 58.7 Å². The molecule has 7 heteroatoms. The van der Waals surface area contributed by atoms with E-state index in [1.54, 1.807) is 4.68 Å². The van der Waals surface area contributed by atoms with Crippen LogP contribution in [0.15, 0.2) is 41.6 Å². The van der Waals surface area contributed by atoms with Gasteiger partial charge in [0.05, 0.1) is 11.4 Å². The lowest BCUT2D eigenvalue weighted by atomic mass is 10.1. The van der Waals surface area contributed by atoms with E-state index in [0.717, 1.165) is 28.1 Å². The van der Waals surface area contributed by atoms with Gasteiger partial charge in [-0.25, -0.2) is 0 Å². The first-order chi connectivity index (χ1) is 12.5. The van der Waals surface area contributed by atoms with E-state index in [-0.39, 0.29) is 11.7 Å². The Bertz CT molecular complexity index is 951. The molecule has 1 N–H and O–H groups in total. The van der Waals surface area contributed by atoms with E-state index in [1.807, 2.05) is 58.0 Å². The minimum Gasteiger partial charge on any atom is -0.325 e. The van der Waals surface area contributed by atoms with Crippen molar-refractivity contribution in [3.8, 4) is 5.69 Å². The van der Waals surface area contributed by atoms with Gasteiger partial charge in [0.25, 0.3) is 0 Å². The predicted molar refractivity (Wildman–Crippen MR) is 104 cm³/mol. The first-order valence-electron chi connectivity index (χ1n) is 8.30. The summed E-state index contributed by atoms with van der Waals surface area (Å²) in [5.41, 5.74) is 6.24. The van der Waals surface area contributed by atoms with Gasteiger partial charge in [0.15, 0.2) is 0 Å². The topological polar surface area (TPSA) is 72.7 Å². The highest BCUT2D eigenvalue weighted by Crippen LogP contribution is 2.22. The molecule has 3 rings (SSSR count). The summed E-state index contributed by atoms with van der Waals surface area (Å²) < 4.78 is 1.67. The van der Waals surface area contributed by atoms with Gasteiger partial charge in [0.1, 0.15) is 0 Å². The van der Waals surface area contributed by atoms with Gasteiger partial charge in [-0.1, -0.05) is 41.6 Å². The summed E-state index contributed by atoms with van der Waals surface area (Å²) in [5.74, 6) is 0.150. The van der Waals surface area contributed by atoms with Gasteiger partial charge in [0, 0.05) is 5.69 Å². The number of nitrogens with one attached hydrogen (secondary N) is 1. The molecule has 3 aromatic rings. The van der Waals surface area contributed by atoms with Crippen LogP contribution in [-0.2, 0) is 4.79 Å². The minimum absolute atomic E-state index is 0.0844. The highest BCUT2D eigenvalue weighted by atomic mass is 32.2. The van der Waals surface area contributed by atoms with Crippen LogP contribution < -0.4 is 5.32 Å². The lowest BCUT2D eigenvalue weighted by Crippen LogP contribution is -2.15. The highest BCUT2D eigenvalue weighted by molar-refractivity contribution is 7.99. The number of anilines is 1. The molecule has 0 spiro atoms. The number of hydrogen-bond acceptors (Lipinski definition) is 5. The summed E-state index contributed by atoms with van der Waals surface area (Å²) in [6, 6.07) is 12.0. The van der Waals surface area contributed by atoms with Gasteiger partial charge >= 0.3 is 0 Å². The van der Waals surface area contributed by atoms with Gasteiger partial charge in [-0.2, -0.15) is 4.68 Å². The van der Waals surface area contributed by atoms with Crippen LogP contribution in [0, 0.1) is 27.7 Å². The number of carbonyl (C=O) groups is 1. The molecular formula is C19H21N5OS. The maximum absolute atomic E-state index is 12.3. The van der Waals surface area contributed by atoms with Crippen molar-refractivity contribution < 1.29 is 4.79 Å². The summed E-state index contributed by atoms with van der Waals surface area (Å²) in [4.78, 5) is 12.3. The number of amides is 1. The molecule has 0 saturated carbocycles. The second-order valence-electron chi connectivity index (χ2n) is 6.25. The lowest BCUT2D eigenvalue weighted by Gasteiger charge is -2.10. The second-order valence-corrected chi connectivity index (χ2v) is 7.19. The van der Waals surface area contributed by atoms with Crippen LogP contribution in [0.4, 0.5) is 5.69 Å². The molecule has 1 amide bonds. The molecule has 0 radical (unpaired) electrons. The standard InChI is InChI=1S/C19H21N5OS/c1-12-8-9-17(14(3)10-12)24-19(21-22-23-24)26-11-18(25)20-16-7-5-6-13(2)15(16)4/h5-10H,11H2,1-4H3,(H,20,25). The average molecular weight is 367 g/mol. The molecule has 0 fully saturated rings. The molecular weight excluding hydrogens is 346 g/mol. The third kappa shape index (κ3) is 3.94. The van der Waals surface area contributed by atoms with Crippen LogP contribution in [-0.4, -0.2) is 31.9 Å². The molecule has 0 aliphatic carbocycles. The van der Waals surface area contributed by atoms with Crippen LogP contribution >= 0.6 is 11.8 Å². The Morgan fingerprint density at radius 3 is 2.69 bits per heavy atom. The Labute approximate surface area is 157 Å². The van der Waals surface area contributed by atoms with Gasteiger partial charge in [-0.15, -0.1) is 5.10 Å². The maximum Gasteiger partial charge on any atom is 0.234 e. The third-order valence-electron chi connectivity index (χ3n) is 4.23. The van der Waals surface area contributed by atoms with E-state index < -0.39 is 0 Å². The monoisotopic (exact) mass is 367 g/mol. The van der Waals surface area contributed by atoms with Gasteiger partial charge < -0.3 is 5.32 Å². The molecule has 1 heterocycles. The van der Waals surface area contributed by atoms with Crippen molar-refractivity contribution in [2.24, 2.45) is 0 Å². The molecule has 0 atom stereocenters. The summed E-state index contributed by atoms with van der Waals surface area (Å²) in [5, 5.41) is 15.4. The van der Waals surface area contributed by atoms with E-state index in [2.05, 4.69) is 26.9 Å². The molecule has 0 aliphatic rings. The van der Waals surface area contributed by atoms with Gasteiger partial charge in [-0.05, 0) is 66.9 Å². The fourth-order valence-electron chi connectivity index (χ4n) is 2.67. The Morgan fingerprint density at radius 2 is 1.92 bits per heavy atom. The van der Waals surface area contributed by atoms with E-state index in [1.165, 1.54) is 17.3 Å². The van der Waals surface area contributed by atoms with Crippen molar-refractivity contribution in [1.82, 2.24) is 20.2 Å². The summed E-state index contributed by atoms with van der Waals surface area (Å²) in [6.45, 7) is 8.09. The zero-order valence-corrected chi connectivity index (χ0v) is 16.1. The molecule has 26 heavy (non-hydrogen) atoms. The normalized spacial score (nSPS) is 10.8. The fraction of sp³-hybridized carbons (Fsp3) is 0.263. The SMILES string of the molecule is Cc1ccc(-n2nnnc2SCC(=O)Nc2cccc(C)c2C)c(C)c1. The number of benzene rings is 2. The van der Waals surface area contributed by atoms with Gasteiger partial charge in [-0.3, -0.25) is 4.79 Å². The van der Waals surface area contributed by atoms with E-state index in [4.69, 9.17) is 0 Å². The van der Waals surface area contributed by atoms with Crippen molar-refractivity contribution in [2.75, 3.05) is 11.1 Å². The molecule has 134 valence electrons. The van der Waals surface area contributed by atoms with Crippen LogP contribution in [0.25, 0.3) is 5.69 Å². The number of carbonyl (C=O) groups excluding carboxylic acids is 1. The molecule has 0 bridgehead atoms. The Kier molecular flexibility index (Phi) is 5.37. The number of thioether (sulfide) groups is 1. The Balaban J connectivity index is 1.70. The first kappa shape index (κ1) is 18.1. The molecule has 0 unspecified atom stereocenters. The maximum atomic E-state index is 12.3. The number of hydrogen-bond donors (Lipinski definition) is 1. The number of rotatable bonds is 5.